The molecule has 30 heavy (non-hydrogen) atoms. The minimum atomic E-state index is -0.340. The first-order valence-corrected chi connectivity index (χ1v) is 11.2. The zero-order valence-electron chi connectivity index (χ0n) is 16.7. The maximum absolute atomic E-state index is 13.4. The van der Waals surface area contributed by atoms with Gasteiger partial charge in [0.2, 0.25) is 0 Å². The zero-order chi connectivity index (χ0) is 21.4. The molecule has 4 rings (SSSR count). The quantitative estimate of drug-likeness (QED) is 0.247. The molecule has 0 bridgehead atoms. The van der Waals surface area contributed by atoms with Gasteiger partial charge >= 0.3 is 0 Å². The van der Waals surface area contributed by atoms with Crippen LogP contribution in [0.15, 0.2) is 51.7 Å². The number of fused-ring (bicyclic) bond motifs is 1. The molecule has 1 N–H and O–H groups in total. The summed E-state index contributed by atoms with van der Waals surface area (Å²) in [5, 5.41) is 2.91. The molecule has 0 amide bonds. The number of carbonyl (C=O) groups excluding carboxylic acids is 1. The van der Waals surface area contributed by atoms with Crippen molar-refractivity contribution in [2.75, 3.05) is 5.75 Å². The van der Waals surface area contributed by atoms with Crippen molar-refractivity contribution >= 4 is 39.1 Å². The number of aromatic nitrogens is 2. The van der Waals surface area contributed by atoms with Crippen LogP contribution in [0, 0.1) is 26.6 Å². The number of carbonyl (C=O) groups is 1. The Labute approximate surface area is 181 Å². The lowest BCUT2D eigenvalue weighted by molar-refractivity contribution is 0.102. The van der Waals surface area contributed by atoms with Crippen LogP contribution in [0.4, 0.5) is 4.39 Å². The van der Waals surface area contributed by atoms with Gasteiger partial charge in [0, 0.05) is 16.5 Å². The van der Waals surface area contributed by atoms with E-state index < -0.39 is 0 Å². The van der Waals surface area contributed by atoms with Crippen LogP contribution in [0.3, 0.4) is 0 Å². The SMILES string of the molecule is Cc1ccc(-c2csc3nc(SCC(=O)c4ccc(F)c(C)c4)[nH]c(=O)c23)c(C)c1. The first-order chi connectivity index (χ1) is 14.3. The highest BCUT2D eigenvalue weighted by Crippen LogP contribution is 2.33. The second-order valence-electron chi connectivity index (χ2n) is 7.19. The summed E-state index contributed by atoms with van der Waals surface area (Å²) in [6.07, 6.45) is 0. The molecule has 0 fully saturated rings. The van der Waals surface area contributed by atoms with Gasteiger partial charge in [-0.25, -0.2) is 9.37 Å². The molecule has 2 aromatic carbocycles. The second-order valence-corrected chi connectivity index (χ2v) is 9.02. The summed E-state index contributed by atoms with van der Waals surface area (Å²) < 4.78 is 13.4. The number of hydrogen-bond acceptors (Lipinski definition) is 5. The zero-order valence-corrected chi connectivity index (χ0v) is 18.3. The smallest absolute Gasteiger partial charge is 0.260 e. The van der Waals surface area contributed by atoms with E-state index in [0.29, 0.717) is 26.5 Å². The molecule has 0 saturated heterocycles. The third kappa shape index (κ3) is 3.95. The Hall–Kier alpha value is -2.77. The highest BCUT2D eigenvalue weighted by atomic mass is 32.2. The first kappa shape index (κ1) is 20.5. The maximum atomic E-state index is 13.4. The van der Waals surface area contributed by atoms with Crippen molar-refractivity contribution in [3.05, 3.63) is 80.2 Å². The Balaban J connectivity index is 1.60. The first-order valence-electron chi connectivity index (χ1n) is 9.35. The van der Waals surface area contributed by atoms with Crippen LogP contribution < -0.4 is 5.56 Å². The summed E-state index contributed by atoms with van der Waals surface area (Å²) in [4.78, 5) is 33.2. The summed E-state index contributed by atoms with van der Waals surface area (Å²) in [6, 6.07) is 10.4. The van der Waals surface area contributed by atoms with E-state index in [-0.39, 0.29) is 22.9 Å². The number of nitrogens with one attached hydrogen (secondary N) is 1. The van der Waals surface area contributed by atoms with E-state index in [1.807, 2.05) is 31.4 Å². The number of nitrogens with zero attached hydrogens (tertiary/aromatic N) is 1. The fourth-order valence-corrected chi connectivity index (χ4v) is 5.10. The average Bonchev–Trinajstić information content (AvgIpc) is 3.12. The lowest BCUT2D eigenvalue weighted by Gasteiger charge is -2.06. The number of rotatable bonds is 5. The third-order valence-electron chi connectivity index (χ3n) is 4.91. The van der Waals surface area contributed by atoms with Gasteiger partial charge in [0.1, 0.15) is 10.6 Å². The Kier molecular flexibility index (Phi) is 5.58. The molecule has 0 spiro atoms. The Morgan fingerprint density at radius 1 is 1.10 bits per heavy atom. The minimum Gasteiger partial charge on any atom is -0.301 e. The highest BCUT2D eigenvalue weighted by molar-refractivity contribution is 7.99. The maximum Gasteiger partial charge on any atom is 0.260 e. The topological polar surface area (TPSA) is 62.8 Å². The number of Topliss-reactive ketones (excluding diaryl/α,β-unsaturated/α-hetero) is 1. The lowest BCUT2D eigenvalue weighted by atomic mass is 9.99. The molecule has 2 aromatic heterocycles. The van der Waals surface area contributed by atoms with Crippen LogP contribution in [0.2, 0.25) is 0 Å². The predicted molar refractivity (Wildman–Crippen MR) is 121 cm³/mol. The largest absolute Gasteiger partial charge is 0.301 e. The molecule has 0 atom stereocenters. The van der Waals surface area contributed by atoms with Crippen molar-refractivity contribution in [1.82, 2.24) is 9.97 Å². The molecule has 4 aromatic rings. The number of ketones is 1. The van der Waals surface area contributed by atoms with Gasteiger partial charge in [-0.3, -0.25) is 9.59 Å². The van der Waals surface area contributed by atoms with Crippen LogP contribution in [-0.4, -0.2) is 21.5 Å². The van der Waals surface area contributed by atoms with Crippen LogP contribution in [0.1, 0.15) is 27.0 Å². The lowest BCUT2D eigenvalue weighted by Crippen LogP contribution is -2.10. The summed E-state index contributed by atoms with van der Waals surface area (Å²) >= 11 is 2.58. The summed E-state index contributed by atoms with van der Waals surface area (Å²) in [5.41, 5.74) is 4.81. The number of aromatic amines is 1. The van der Waals surface area contributed by atoms with Crippen molar-refractivity contribution < 1.29 is 9.18 Å². The fraction of sp³-hybridized carbons (Fsp3) is 0.174. The van der Waals surface area contributed by atoms with Gasteiger partial charge in [0.15, 0.2) is 10.9 Å². The molecule has 7 heteroatoms. The molecule has 0 aliphatic rings. The molecule has 2 heterocycles. The second kappa shape index (κ2) is 8.16. The fourth-order valence-electron chi connectivity index (χ4n) is 3.35. The molecule has 0 aliphatic carbocycles. The van der Waals surface area contributed by atoms with E-state index in [0.717, 1.165) is 16.7 Å². The van der Waals surface area contributed by atoms with Crippen molar-refractivity contribution in [3.8, 4) is 11.1 Å². The van der Waals surface area contributed by atoms with E-state index in [9.17, 15) is 14.0 Å². The molecular formula is C23H19FN2O2S2. The summed E-state index contributed by atoms with van der Waals surface area (Å²) in [7, 11) is 0. The van der Waals surface area contributed by atoms with Gasteiger partial charge in [-0.15, -0.1) is 11.3 Å². The number of halogens is 1. The van der Waals surface area contributed by atoms with E-state index in [4.69, 9.17) is 0 Å². The average molecular weight is 439 g/mol. The van der Waals surface area contributed by atoms with Crippen molar-refractivity contribution in [2.45, 2.75) is 25.9 Å². The number of benzene rings is 2. The van der Waals surface area contributed by atoms with Gasteiger partial charge in [-0.1, -0.05) is 35.5 Å². The van der Waals surface area contributed by atoms with E-state index >= 15 is 0 Å². The number of H-pyrrole nitrogens is 1. The van der Waals surface area contributed by atoms with Crippen LogP contribution in [0.25, 0.3) is 21.3 Å². The van der Waals surface area contributed by atoms with Crippen molar-refractivity contribution in [2.24, 2.45) is 0 Å². The molecule has 0 saturated carbocycles. The van der Waals surface area contributed by atoms with Crippen LogP contribution in [0.5, 0.6) is 0 Å². The standard InChI is InChI=1S/C23H19FN2O2S2/c1-12-4-6-16(13(2)8-12)17-10-29-22-20(17)21(28)25-23(26-22)30-11-19(27)15-5-7-18(24)14(3)9-15/h4-10H,11H2,1-3H3,(H,25,26,28). The van der Waals surface area contributed by atoms with E-state index in [1.54, 1.807) is 6.92 Å². The van der Waals surface area contributed by atoms with Crippen molar-refractivity contribution in [3.63, 3.8) is 0 Å². The number of aryl methyl sites for hydroxylation is 3. The Morgan fingerprint density at radius 2 is 1.90 bits per heavy atom. The minimum absolute atomic E-state index is 0.106. The van der Waals surface area contributed by atoms with Crippen LogP contribution in [-0.2, 0) is 0 Å². The molecule has 0 aliphatic heterocycles. The summed E-state index contributed by atoms with van der Waals surface area (Å²) in [6.45, 7) is 5.69. The highest BCUT2D eigenvalue weighted by Gasteiger charge is 2.16. The summed E-state index contributed by atoms with van der Waals surface area (Å²) in [5.74, 6) is -0.379. The van der Waals surface area contributed by atoms with Gasteiger partial charge in [-0.05, 0) is 55.7 Å². The Bertz CT molecular complexity index is 1340. The van der Waals surface area contributed by atoms with Crippen LogP contribution >= 0.6 is 23.1 Å². The molecule has 0 radical (unpaired) electrons. The van der Waals surface area contributed by atoms with Gasteiger partial charge in [0.05, 0.1) is 11.1 Å². The molecule has 0 unspecified atom stereocenters. The number of hydrogen-bond donors (Lipinski definition) is 1. The monoisotopic (exact) mass is 438 g/mol. The Morgan fingerprint density at radius 3 is 2.63 bits per heavy atom. The van der Waals surface area contributed by atoms with E-state index in [2.05, 4.69) is 16.0 Å². The van der Waals surface area contributed by atoms with Gasteiger partial charge < -0.3 is 4.98 Å². The number of thiophene rings is 1. The normalized spacial score (nSPS) is 11.2. The van der Waals surface area contributed by atoms with E-state index in [1.165, 1.54) is 46.9 Å². The van der Waals surface area contributed by atoms with Gasteiger partial charge in [-0.2, -0.15) is 0 Å². The molecular weight excluding hydrogens is 419 g/mol. The predicted octanol–water partition coefficient (Wildman–Crippen LogP) is 5.69. The number of thioether (sulfide) groups is 1. The third-order valence-corrected chi connectivity index (χ3v) is 6.66. The van der Waals surface area contributed by atoms with Gasteiger partial charge in [0.25, 0.3) is 5.56 Å². The van der Waals surface area contributed by atoms with Crippen molar-refractivity contribution in [1.29, 1.82) is 0 Å². The molecule has 4 nitrogen and oxygen atoms in total. The molecule has 152 valence electrons.